The van der Waals surface area contributed by atoms with Gasteiger partial charge in [0.15, 0.2) is 0 Å². The second-order valence-corrected chi connectivity index (χ2v) is 9.99. The van der Waals surface area contributed by atoms with Crippen molar-refractivity contribution in [3.05, 3.63) is 61.9 Å². The molecule has 0 bridgehead atoms. The zero-order valence-electron chi connectivity index (χ0n) is 18.5. The second-order valence-electron chi connectivity index (χ2n) is 7.94. The van der Waals surface area contributed by atoms with Gasteiger partial charge in [-0.1, -0.05) is 18.2 Å². The summed E-state index contributed by atoms with van der Waals surface area (Å²) < 4.78 is 5.55. The van der Waals surface area contributed by atoms with Gasteiger partial charge in [0.2, 0.25) is 11.8 Å². The van der Waals surface area contributed by atoms with E-state index in [2.05, 4.69) is 15.6 Å². The Bertz CT molecular complexity index is 1200. The number of hydrogen-bond donors (Lipinski definition) is 2. The Morgan fingerprint density at radius 3 is 2.70 bits per heavy atom. The number of carbonyl (C=O) groups excluding carboxylic acids is 3. The van der Waals surface area contributed by atoms with Crippen LogP contribution in [0.3, 0.4) is 0 Å². The van der Waals surface area contributed by atoms with Crippen molar-refractivity contribution >= 4 is 51.1 Å². The number of nitrogens with one attached hydrogen (secondary N) is 2. The molecule has 33 heavy (non-hydrogen) atoms. The van der Waals surface area contributed by atoms with Gasteiger partial charge in [-0.25, -0.2) is 9.78 Å². The van der Waals surface area contributed by atoms with Crippen molar-refractivity contribution in [1.82, 2.24) is 4.98 Å². The monoisotopic (exact) mass is 483 g/mol. The zero-order chi connectivity index (χ0) is 23.4. The van der Waals surface area contributed by atoms with Crippen LogP contribution >= 0.6 is 22.7 Å². The Labute approximate surface area is 200 Å². The van der Waals surface area contributed by atoms with Gasteiger partial charge in [0.25, 0.3) is 0 Å². The number of thiazole rings is 1. The van der Waals surface area contributed by atoms with Crippen LogP contribution in [0.25, 0.3) is 0 Å². The summed E-state index contributed by atoms with van der Waals surface area (Å²) in [5, 5.41) is 8.68. The first-order chi connectivity index (χ1) is 15.9. The smallest absolute Gasteiger partial charge is 0.341 e. The largest absolute Gasteiger partial charge is 0.455 e. The van der Waals surface area contributed by atoms with Gasteiger partial charge >= 0.3 is 5.97 Å². The van der Waals surface area contributed by atoms with Crippen LogP contribution in [-0.2, 0) is 40.2 Å². The van der Waals surface area contributed by atoms with E-state index in [4.69, 9.17) is 4.74 Å². The predicted octanol–water partition coefficient (Wildman–Crippen LogP) is 4.89. The van der Waals surface area contributed by atoms with Crippen molar-refractivity contribution in [2.45, 2.75) is 52.6 Å². The highest BCUT2D eigenvalue weighted by atomic mass is 32.1. The average molecular weight is 484 g/mol. The number of hydrogen-bond acceptors (Lipinski definition) is 7. The fourth-order valence-corrected chi connectivity index (χ4v) is 5.88. The van der Waals surface area contributed by atoms with E-state index in [1.54, 1.807) is 5.38 Å². The number of aromatic nitrogens is 1. The van der Waals surface area contributed by atoms with Crippen molar-refractivity contribution < 1.29 is 19.1 Å². The molecule has 0 aliphatic heterocycles. The first-order valence-electron chi connectivity index (χ1n) is 10.8. The van der Waals surface area contributed by atoms with Gasteiger partial charge in [-0.2, -0.15) is 0 Å². The average Bonchev–Trinajstić information content (AvgIpc) is 3.37. The van der Waals surface area contributed by atoms with E-state index in [-0.39, 0.29) is 24.8 Å². The van der Waals surface area contributed by atoms with E-state index in [1.165, 1.54) is 29.6 Å². The topological polar surface area (TPSA) is 97.4 Å². The molecule has 7 nitrogen and oxygen atoms in total. The normalized spacial score (nSPS) is 12.7. The molecule has 0 radical (unpaired) electrons. The van der Waals surface area contributed by atoms with Gasteiger partial charge in [0, 0.05) is 22.9 Å². The van der Waals surface area contributed by atoms with Crippen LogP contribution in [0.1, 0.15) is 56.8 Å². The highest BCUT2D eigenvalue weighted by Crippen LogP contribution is 2.38. The van der Waals surface area contributed by atoms with Crippen LogP contribution in [-0.4, -0.2) is 22.8 Å². The molecule has 2 aromatic heterocycles. The highest BCUT2D eigenvalue weighted by molar-refractivity contribution is 7.17. The van der Waals surface area contributed by atoms with Crippen molar-refractivity contribution in [3.63, 3.8) is 0 Å². The lowest BCUT2D eigenvalue weighted by molar-refractivity contribution is -0.116. The first kappa shape index (κ1) is 23.1. The van der Waals surface area contributed by atoms with Crippen molar-refractivity contribution in [2.75, 3.05) is 10.6 Å². The van der Waals surface area contributed by atoms with Crippen molar-refractivity contribution in [3.8, 4) is 0 Å². The molecule has 0 spiro atoms. The second kappa shape index (κ2) is 10.3. The quantitative estimate of drug-likeness (QED) is 0.467. The fraction of sp³-hybridized carbons (Fsp3) is 0.333. The lowest BCUT2D eigenvalue weighted by atomic mass is 9.95. The number of nitrogens with zero attached hydrogens (tertiary/aromatic N) is 1. The van der Waals surface area contributed by atoms with Crippen LogP contribution in [0, 0.1) is 6.92 Å². The molecule has 4 rings (SSSR count). The van der Waals surface area contributed by atoms with Crippen LogP contribution < -0.4 is 10.6 Å². The fourth-order valence-electron chi connectivity index (χ4n) is 3.78. The summed E-state index contributed by atoms with van der Waals surface area (Å²) in [5.74, 6) is -0.812. The number of esters is 1. The van der Waals surface area contributed by atoms with Crippen molar-refractivity contribution in [1.29, 1.82) is 0 Å². The van der Waals surface area contributed by atoms with E-state index in [9.17, 15) is 14.4 Å². The number of ether oxygens (including phenoxy) is 1. The Morgan fingerprint density at radius 1 is 1.12 bits per heavy atom. The van der Waals surface area contributed by atoms with E-state index in [1.807, 2.05) is 31.2 Å². The van der Waals surface area contributed by atoms with Gasteiger partial charge in [-0.3, -0.25) is 9.59 Å². The number of thiophene rings is 1. The summed E-state index contributed by atoms with van der Waals surface area (Å²) in [6.45, 7) is 3.38. The maximum atomic E-state index is 12.9. The van der Waals surface area contributed by atoms with Crippen LogP contribution in [0.5, 0.6) is 0 Å². The molecule has 1 aromatic carbocycles. The third-order valence-electron chi connectivity index (χ3n) is 5.35. The van der Waals surface area contributed by atoms with Crippen LogP contribution in [0.2, 0.25) is 0 Å². The number of benzene rings is 1. The SMILES string of the molecule is CC(=O)Nc1sc2c(c1C(=O)OCc1csc(CC(=O)Nc3ccccc3C)n1)CCCC2. The Kier molecular flexibility index (Phi) is 7.20. The molecule has 2 amide bonds. The summed E-state index contributed by atoms with van der Waals surface area (Å²) in [6, 6.07) is 7.59. The van der Waals surface area contributed by atoms with Gasteiger partial charge in [0.1, 0.15) is 16.6 Å². The first-order valence-corrected chi connectivity index (χ1v) is 12.5. The molecule has 172 valence electrons. The van der Waals surface area contributed by atoms with Crippen molar-refractivity contribution in [2.24, 2.45) is 0 Å². The number of fused-ring (bicyclic) bond motifs is 1. The Morgan fingerprint density at radius 2 is 1.91 bits per heavy atom. The number of para-hydroxylation sites is 1. The molecule has 0 unspecified atom stereocenters. The van der Waals surface area contributed by atoms with E-state index in [0.717, 1.165) is 47.4 Å². The molecule has 1 aliphatic carbocycles. The molecule has 1 aliphatic rings. The summed E-state index contributed by atoms with van der Waals surface area (Å²) >= 11 is 2.82. The third-order valence-corrected chi connectivity index (χ3v) is 7.45. The molecule has 2 N–H and O–H groups in total. The minimum absolute atomic E-state index is 0.0128. The summed E-state index contributed by atoms with van der Waals surface area (Å²) in [4.78, 5) is 42.5. The molecule has 0 saturated carbocycles. The number of rotatable bonds is 7. The predicted molar refractivity (Wildman–Crippen MR) is 130 cm³/mol. The minimum Gasteiger partial charge on any atom is -0.455 e. The Hall–Kier alpha value is -3.04. The van der Waals surface area contributed by atoms with Crippen LogP contribution in [0.15, 0.2) is 29.6 Å². The van der Waals surface area contributed by atoms with Gasteiger partial charge in [-0.05, 0) is 49.8 Å². The number of amides is 2. The molecule has 0 fully saturated rings. The van der Waals surface area contributed by atoms with Gasteiger partial charge in [-0.15, -0.1) is 22.7 Å². The molecular weight excluding hydrogens is 458 g/mol. The number of carbonyl (C=O) groups is 3. The Balaban J connectivity index is 1.38. The third kappa shape index (κ3) is 5.66. The number of anilines is 2. The summed E-state index contributed by atoms with van der Waals surface area (Å²) in [7, 11) is 0. The summed E-state index contributed by atoms with van der Waals surface area (Å²) in [6.07, 6.45) is 3.98. The molecular formula is C24H25N3O4S2. The maximum Gasteiger partial charge on any atom is 0.341 e. The maximum absolute atomic E-state index is 12.9. The van der Waals surface area contributed by atoms with E-state index < -0.39 is 5.97 Å². The summed E-state index contributed by atoms with van der Waals surface area (Å²) in [5.41, 5.74) is 3.83. The number of aryl methyl sites for hydroxylation is 2. The van der Waals surface area contributed by atoms with Gasteiger partial charge < -0.3 is 15.4 Å². The molecule has 3 aromatic rings. The van der Waals surface area contributed by atoms with Crippen LogP contribution in [0.4, 0.5) is 10.7 Å². The lowest BCUT2D eigenvalue weighted by Gasteiger charge is -2.12. The zero-order valence-corrected chi connectivity index (χ0v) is 20.2. The highest BCUT2D eigenvalue weighted by Gasteiger charge is 2.27. The molecule has 9 heteroatoms. The van der Waals surface area contributed by atoms with E-state index in [0.29, 0.717) is 21.3 Å². The lowest BCUT2D eigenvalue weighted by Crippen LogP contribution is -2.15. The van der Waals surface area contributed by atoms with Gasteiger partial charge in [0.05, 0.1) is 17.7 Å². The standard InChI is InChI=1S/C24H25N3O4S2/c1-14-7-3-5-9-18(14)27-20(29)11-21-26-16(13-32-21)12-31-24(30)22-17-8-4-6-10-19(17)33-23(22)25-15(2)28/h3,5,7,9,13H,4,6,8,10-12H2,1-2H3,(H,25,28)(H,27,29). The molecule has 0 saturated heterocycles. The molecule has 0 atom stereocenters. The van der Waals surface area contributed by atoms with E-state index >= 15 is 0 Å². The molecule has 2 heterocycles. The minimum atomic E-state index is -0.454.